The molecule has 120 valence electrons. The Morgan fingerprint density at radius 1 is 1.36 bits per heavy atom. The van der Waals surface area contributed by atoms with Gasteiger partial charge in [-0.05, 0) is 49.6 Å². The summed E-state index contributed by atoms with van der Waals surface area (Å²) >= 11 is 1.44. The maximum Gasteiger partial charge on any atom is 0.261 e. The molecular weight excluding hydrogens is 323 g/mol. The molecule has 3 N–H and O–H groups in total. The van der Waals surface area contributed by atoms with Crippen molar-refractivity contribution in [1.82, 2.24) is 5.32 Å². The highest BCUT2D eigenvalue weighted by atomic mass is 35.5. The Labute approximate surface area is 140 Å². The average molecular weight is 343 g/mol. The number of hydrogen-bond donors (Lipinski definition) is 2. The van der Waals surface area contributed by atoms with Crippen molar-refractivity contribution in [1.29, 1.82) is 0 Å². The third-order valence-electron chi connectivity index (χ3n) is 3.18. The molecule has 1 amide bonds. The highest BCUT2D eigenvalue weighted by molar-refractivity contribution is 7.14. The highest BCUT2D eigenvalue weighted by Crippen LogP contribution is 2.31. The Morgan fingerprint density at radius 2 is 2.00 bits per heavy atom. The number of nitrogens with two attached hydrogens (primary N) is 1. The second kappa shape index (κ2) is 8.27. The standard InChI is InChI=1S/C16H19FN2OS.ClH/c1-10(18)7-8-19-16(20)15-9-14(11(2)21-15)12-3-5-13(17)6-4-12;/h3-6,9-10H,7-8,18H2,1-2H3,(H,19,20);1H. The van der Waals surface area contributed by atoms with Crippen LogP contribution in [-0.2, 0) is 0 Å². The molecule has 0 bridgehead atoms. The fourth-order valence-electron chi connectivity index (χ4n) is 2.01. The fourth-order valence-corrected chi connectivity index (χ4v) is 2.97. The third kappa shape index (κ3) is 4.80. The lowest BCUT2D eigenvalue weighted by Gasteiger charge is -2.05. The molecular formula is C16H20ClFN2OS. The van der Waals surface area contributed by atoms with Crippen molar-refractivity contribution in [3.8, 4) is 11.1 Å². The van der Waals surface area contributed by atoms with Gasteiger partial charge in [-0.15, -0.1) is 23.7 Å². The number of thiophene rings is 1. The Kier molecular flexibility index (Phi) is 7.00. The van der Waals surface area contributed by atoms with Crippen molar-refractivity contribution in [3.63, 3.8) is 0 Å². The van der Waals surface area contributed by atoms with Crippen LogP contribution in [0.25, 0.3) is 11.1 Å². The molecule has 0 saturated carbocycles. The van der Waals surface area contributed by atoms with Crippen molar-refractivity contribution in [2.45, 2.75) is 26.3 Å². The van der Waals surface area contributed by atoms with Crippen LogP contribution in [0.4, 0.5) is 4.39 Å². The zero-order valence-electron chi connectivity index (χ0n) is 12.6. The smallest absolute Gasteiger partial charge is 0.261 e. The van der Waals surface area contributed by atoms with Crippen LogP contribution in [0.3, 0.4) is 0 Å². The molecule has 1 unspecified atom stereocenters. The van der Waals surface area contributed by atoms with Crippen LogP contribution < -0.4 is 11.1 Å². The predicted octanol–water partition coefficient (Wildman–Crippen LogP) is 3.75. The lowest BCUT2D eigenvalue weighted by molar-refractivity contribution is 0.0957. The van der Waals surface area contributed by atoms with E-state index in [2.05, 4.69) is 5.32 Å². The van der Waals surface area contributed by atoms with E-state index in [0.717, 1.165) is 22.4 Å². The van der Waals surface area contributed by atoms with Gasteiger partial charge in [0.2, 0.25) is 0 Å². The number of amides is 1. The van der Waals surface area contributed by atoms with Crippen LogP contribution in [0, 0.1) is 12.7 Å². The summed E-state index contributed by atoms with van der Waals surface area (Å²) in [5.74, 6) is -0.349. The van der Waals surface area contributed by atoms with Gasteiger partial charge in [-0.1, -0.05) is 12.1 Å². The first kappa shape index (κ1) is 18.6. The summed E-state index contributed by atoms with van der Waals surface area (Å²) in [6.45, 7) is 4.44. The number of carbonyl (C=O) groups excluding carboxylic acids is 1. The number of nitrogens with one attached hydrogen (secondary N) is 1. The summed E-state index contributed by atoms with van der Waals surface area (Å²) in [6.07, 6.45) is 0.751. The monoisotopic (exact) mass is 342 g/mol. The quantitative estimate of drug-likeness (QED) is 0.869. The molecule has 0 spiro atoms. The largest absolute Gasteiger partial charge is 0.351 e. The summed E-state index contributed by atoms with van der Waals surface area (Å²) in [7, 11) is 0. The number of hydrogen-bond acceptors (Lipinski definition) is 3. The van der Waals surface area contributed by atoms with Crippen LogP contribution in [0.5, 0.6) is 0 Å². The van der Waals surface area contributed by atoms with Gasteiger partial charge < -0.3 is 11.1 Å². The van der Waals surface area contributed by atoms with Gasteiger partial charge in [-0.2, -0.15) is 0 Å². The van der Waals surface area contributed by atoms with Crippen LogP contribution >= 0.6 is 23.7 Å². The van der Waals surface area contributed by atoms with E-state index < -0.39 is 0 Å². The first-order valence-corrected chi connectivity index (χ1v) is 7.69. The van der Waals surface area contributed by atoms with Gasteiger partial charge in [0.15, 0.2) is 0 Å². The lowest BCUT2D eigenvalue weighted by Crippen LogP contribution is -2.28. The van der Waals surface area contributed by atoms with Crippen molar-refractivity contribution < 1.29 is 9.18 Å². The molecule has 0 aliphatic carbocycles. The molecule has 1 aromatic heterocycles. The Bertz CT molecular complexity index is 626. The van der Waals surface area contributed by atoms with Crippen molar-refractivity contribution in [3.05, 3.63) is 45.9 Å². The Balaban J connectivity index is 0.00000242. The number of halogens is 2. The number of aryl methyl sites for hydroxylation is 1. The first-order chi connectivity index (χ1) is 9.97. The summed E-state index contributed by atoms with van der Waals surface area (Å²) in [6, 6.07) is 8.23. The van der Waals surface area contributed by atoms with Gasteiger partial charge in [0.1, 0.15) is 5.82 Å². The normalized spacial score (nSPS) is 11.6. The van der Waals surface area contributed by atoms with Gasteiger partial charge >= 0.3 is 0 Å². The van der Waals surface area contributed by atoms with Crippen molar-refractivity contribution in [2.24, 2.45) is 5.73 Å². The summed E-state index contributed by atoms with van der Waals surface area (Å²) in [4.78, 5) is 13.8. The molecule has 3 nitrogen and oxygen atoms in total. The topological polar surface area (TPSA) is 55.1 Å². The van der Waals surface area contributed by atoms with Crippen LogP contribution in [0.2, 0.25) is 0 Å². The number of carbonyl (C=O) groups is 1. The van der Waals surface area contributed by atoms with E-state index in [9.17, 15) is 9.18 Å². The molecule has 0 aliphatic heterocycles. The molecule has 0 aliphatic rings. The van der Waals surface area contributed by atoms with E-state index >= 15 is 0 Å². The first-order valence-electron chi connectivity index (χ1n) is 6.87. The zero-order valence-corrected chi connectivity index (χ0v) is 14.2. The second-order valence-electron chi connectivity index (χ2n) is 5.11. The van der Waals surface area contributed by atoms with Crippen LogP contribution in [0.1, 0.15) is 27.9 Å². The summed E-state index contributed by atoms with van der Waals surface area (Å²) < 4.78 is 13.0. The molecule has 2 rings (SSSR count). The average Bonchev–Trinajstić information content (AvgIpc) is 2.81. The van der Waals surface area contributed by atoms with Gasteiger partial charge in [-0.3, -0.25) is 4.79 Å². The number of benzene rings is 1. The second-order valence-corrected chi connectivity index (χ2v) is 6.37. The minimum Gasteiger partial charge on any atom is -0.351 e. The van der Waals surface area contributed by atoms with E-state index in [1.807, 2.05) is 19.9 Å². The van der Waals surface area contributed by atoms with Crippen molar-refractivity contribution >= 4 is 29.7 Å². The molecule has 1 aromatic carbocycles. The molecule has 0 saturated heterocycles. The lowest BCUT2D eigenvalue weighted by atomic mass is 10.1. The van der Waals surface area contributed by atoms with E-state index in [4.69, 9.17) is 5.73 Å². The summed E-state index contributed by atoms with van der Waals surface area (Å²) in [5, 5.41) is 2.86. The highest BCUT2D eigenvalue weighted by Gasteiger charge is 2.13. The Morgan fingerprint density at radius 3 is 2.59 bits per heavy atom. The number of rotatable bonds is 5. The van der Waals surface area contributed by atoms with Gasteiger partial charge in [-0.25, -0.2) is 4.39 Å². The minimum atomic E-state index is -0.263. The van der Waals surface area contributed by atoms with Gasteiger partial charge in [0, 0.05) is 17.5 Å². The van der Waals surface area contributed by atoms with Crippen LogP contribution in [0.15, 0.2) is 30.3 Å². The Hall–Kier alpha value is -1.43. The summed E-state index contributed by atoms with van der Waals surface area (Å²) in [5.41, 5.74) is 7.54. The molecule has 1 heterocycles. The van der Waals surface area contributed by atoms with Crippen molar-refractivity contribution in [2.75, 3.05) is 6.54 Å². The van der Waals surface area contributed by atoms with E-state index in [0.29, 0.717) is 11.4 Å². The van der Waals surface area contributed by atoms with Gasteiger partial charge in [0.25, 0.3) is 5.91 Å². The molecule has 22 heavy (non-hydrogen) atoms. The maximum atomic E-state index is 13.0. The minimum absolute atomic E-state index is 0. The van der Waals surface area contributed by atoms with E-state index in [1.165, 1.54) is 23.5 Å². The molecule has 1 atom stereocenters. The zero-order chi connectivity index (χ0) is 15.4. The van der Waals surface area contributed by atoms with E-state index in [1.54, 1.807) is 12.1 Å². The molecule has 0 fully saturated rings. The van der Waals surface area contributed by atoms with E-state index in [-0.39, 0.29) is 30.2 Å². The van der Waals surface area contributed by atoms with Crippen LogP contribution in [-0.4, -0.2) is 18.5 Å². The van der Waals surface area contributed by atoms with Gasteiger partial charge in [0.05, 0.1) is 4.88 Å². The molecule has 0 radical (unpaired) electrons. The fraction of sp³-hybridized carbons (Fsp3) is 0.312. The maximum absolute atomic E-state index is 13.0. The molecule has 2 aromatic rings. The molecule has 6 heteroatoms. The SMILES string of the molecule is Cc1sc(C(=O)NCCC(C)N)cc1-c1ccc(F)cc1.Cl. The third-order valence-corrected chi connectivity index (χ3v) is 4.23. The predicted molar refractivity (Wildman–Crippen MR) is 92.3 cm³/mol.